The zero-order chi connectivity index (χ0) is 26.4. The Labute approximate surface area is 216 Å². The van der Waals surface area contributed by atoms with Crippen LogP contribution in [0.2, 0.25) is 0 Å². The first-order valence-corrected chi connectivity index (χ1v) is 12.3. The van der Waals surface area contributed by atoms with Gasteiger partial charge in [0.25, 0.3) is 5.91 Å². The van der Waals surface area contributed by atoms with Crippen molar-refractivity contribution in [3.8, 4) is 17.1 Å². The standard InChI is InChI=1S/C28H32N6O3/c1-4-17(2)31-28(35)18(3)37-23-7-5-6-20(12-23)26-33-25-16-36-15-24(25)27(34-26)32-22-10-8-19(9-11-22)21(13-29)14-30/h5-14,17-18,29H,4,15-16,30H2,1-3H3,(H,31,35)(H,32,33,34)/b21-14+,29-13?. The number of hydrogen-bond acceptors (Lipinski definition) is 8. The van der Waals surface area contributed by atoms with Crippen LogP contribution in [-0.2, 0) is 22.7 Å². The summed E-state index contributed by atoms with van der Waals surface area (Å²) in [6.45, 7) is 6.55. The molecule has 1 aromatic heterocycles. The van der Waals surface area contributed by atoms with Gasteiger partial charge in [-0.15, -0.1) is 0 Å². The van der Waals surface area contributed by atoms with Crippen molar-refractivity contribution in [1.82, 2.24) is 15.3 Å². The molecule has 0 saturated heterocycles. The number of anilines is 2. The third kappa shape index (κ3) is 6.13. The van der Waals surface area contributed by atoms with Gasteiger partial charge in [-0.1, -0.05) is 31.2 Å². The van der Waals surface area contributed by atoms with E-state index < -0.39 is 6.10 Å². The zero-order valence-electron chi connectivity index (χ0n) is 21.2. The number of carbonyl (C=O) groups is 1. The maximum absolute atomic E-state index is 12.4. The number of hydrogen-bond donors (Lipinski definition) is 4. The Bertz CT molecular complexity index is 1310. The lowest BCUT2D eigenvalue weighted by molar-refractivity contribution is -0.127. The van der Waals surface area contributed by atoms with Gasteiger partial charge in [0.1, 0.15) is 11.6 Å². The molecule has 9 heteroatoms. The highest BCUT2D eigenvalue weighted by molar-refractivity contribution is 6.08. The van der Waals surface area contributed by atoms with E-state index in [1.165, 1.54) is 12.4 Å². The summed E-state index contributed by atoms with van der Waals surface area (Å²) in [5, 5.41) is 13.8. The molecular weight excluding hydrogens is 468 g/mol. The van der Waals surface area contributed by atoms with Crippen LogP contribution < -0.4 is 21.1 Å². The molecule has 0 fully saturated rings. The molecule has 2 heterocycles. The number of nitrogens with zero attached hydrogens (tertiary/aromatic N) is 2. The monoisotopic (exact) mass is 500 g/mol. The lowest BCUT2D eigenvalue weighted by Gasteiger charge is -2.18. The molecule has 0 saturated carbocycles. The Kier molecular flexibility index (Phi) is 8.15. The number of benzene rings is 2. The van der Waals surface area contributed by atoms with Crippen LogP contribution in [0.5, 0.6) is 5.75 Å². The fourth-order valence-corrected chi connectivity index (χ4v) is 3.82. The molecule has 1 aliphatic rings. The number of allylic oxidation sites excluding steroid dienone is 1. The molecule has 2 unspecified atom stereocenters. The van der Waals surface area contributed by atoms with E-state index in [9.17, 15) is 4.79 Å². The van der Waals surface area contributed by atoms with E-state index in [1.807, 2.05) is 62.4 Å². The van der Waals surface area contributed by atoms with Crippen molar-refractivity contribution in [2.24, 2.45) is 5.73 Å². The third-order valence-electron chi connectivity index (χ3n) is 6.17. The summed E-state index contributed by atoms with van der Waals surface area (Å²) < 4.78 is 11.6. The molecule has 4 rings (SSSR count). The van der Waals surface area contributed by atoms with Gasteiger partial charge in [-0.05, 0) is 50.1 Å². The Morgan fingerprint density at radius 2 is 1.97 bits per heavy atom. The number of nitrogens with two attached hydrogens (primary N) is 1. The van der Waals surface area contributed by atoms with E-state index >= 15 is 0 Å². The summed E-state index contributed by atoms with van der Waals surface area (Å²) >= 11 is 0. The fourth-order valence-electron chi connectivity index (χ4n) is 3.82. The second-order valence-corrected chi connectivity index (χ2v) is 8.89. The van der Waals surface area contributed by atoms with Gasteiger partial charge < -0.3 is 31.3 Å². The van der Waals surface area contributed by atoms with Crippen molar-refractivity contribution >= 4 is 29.2 Å². The Balaban J connectivity index is 1.57. The maximum atomic E-state index is 12.4. The third-order valence-corrected chi connectivity index (χ3v) is 6.17. The van der Waals surface area contributed by atoms with E-state index in [-0.39, 0.29) is 11.9 Å². The summed E-state index contributed by atoms with van der Waals surface area (Å²) in [5.74, 6) is 1.60. The highest BCUT2D eigenvalue weighted by Gasteiger charge is 2.22. The van der Waals surface area contributed by atoms with Crippen LogP contribution >= 0.6 is 0 Å². The number of ether oxygens (including phenoxy) is 2. The van der Waals surface area contributed by atoms with Crippen molar-refractivity contribution in [1.29, 1.82) is 5.41 Å². The molecule has 2 aromatic carbocycles. The first kappa shape index (κ1) is 25.8. The molecule has 3 aromatic rings. The number of carbonyl (C=O) groups excluding carboxylic acids is 1. The first-order valence-electron chi connectivity index (χ1n) is 12.3. The second-order valence-electron chi connectivity index (χ2n) is 8.89. The van der Waals surface area contributed by atoms with Gasteiger partial charge in [0.2, 0.25) is 0 Å². The van der Waals surface area contributed by atoms with Crippen LogP contribution in [0.15, 0.2) is 54.7 Å². The molecule has 5 N–H and O–H groups in total. The van der Waals surface area contributed by atoms with Crippen molar-refractivity contribution in [2.75, 3.05) is 5.32 Å². The van der Waals surface area contributed by atoms with E-state index in [0.717, 1.165) is 34.5 Å². The molecule has 9 nitrogen and oxygen atoms in total. The minimum Gasteiger partial charge on any atom is -0.481 e. The van der Waals surface area contributed by atoms with E-state index in [0.29, 0.717) is 36.2 Å². The summed E-state index contributed by atoms with van der Waals surface area (Å²) in [6.07, 6.45) is 2.84. The van der Waals surface area contributed by atoms with E-state index in [2.05, 4.69) is 10.6 Å². The molecule has 0 bridgehead atoms. The predicted molar refractivity (Wildman–Crippen MR) is 145 cm³/mol. The van der Waals surface area contributed by atoms with Gasteiger partial charge in [-0.3, -0.25) is 4.79 Å². The maximum Gasteiger partial charge on any atom is 0.260 e. The SMILES string of the molecule is CCC(C)NC(=O)C(C)Oc1cccc(-c2nc3c(c(Nc4ccc(/C(C=N)=C/N)cc4)n2)COC3)c1. The van der Waals surface area contributed by atoms with Crippen LogP contribution in [0.3, 0.4) is 0 Å². The summed E-state index contributed by atoms with van der Waals surface area (Å²) in [7, 11) is 0. The molecule has 37 heavy (non-hydrogen) atoms. The number of nitrogens with one attached hydrogen (secondary N) is 3. The van der Waals surface area contributed by atoms with Crippen LogP contribution in [0.1, 0.15) is 44.0 Å². The summed E-state index contributed by atoms with van der Waals surface area (Å²) in [4.78, 5) is 21.9. The highest BCUT2D eigenvalue weighted by atomic mass is 16.5. The van der Waals surface area contributed by atoms with E-state index in [1.54, 1.807) is 6.92 Å². The molecule has 1 amide bonds. The van der Waals surface area contributed by atoms with E-state index in [4.69, 9.17) is 30.6 Å². The highest BCUT2D eigenvalue weighted by Crippen LogP contribution is 2.31. The average molecular weight is 501 g/mol. The lowest BCUT2D eigenvalue weighted by Crippen LogP contribution is -2.40. The molecular formula is C28H32N6O3. The number of rotatable bonds is 10. The Morgan fingerprint density at radius 1 is 1.19 bits per heavy atom. The molecule has 0 aliphatic carbocycles. The van der Waals surface area contributed by atoms with Crippen molar-refractivity contribution in [2.45, 2.75) is 52.6 Å². The molecule has 192 valence electrons. The molecule has 0 radical (unpaired) electrons. The summed E-state index contributed by atoms with van der Waals surface area (Å²) in [5.41, 5.74) is 10.4. The lowest BCUT2D eigenvalue weighted by atomic mass is 10.1. The number of aromatic nitrogens is 2. The van der Waals surface area contributed by atoms with Gasteiger partial charge in [0.05, 0.1) is 18.9 Å². The predicted octanol–water partition coefficient (Wildman–Crippen LogP) is 4.55. The van der Waals surface area contributed by atoms with Crippen LogP contribution in [0, 0.1) is 5.41 Å². The Hall–Kier alpha value is -4.24. The normalized spacial score (nSPS) is 14.4. The molecule has 1 aliphatic heterocycles. The zero-order valence-corrected chi connectivity index (χ0v) is 21.2. The topological polar surface area (TPSA) is 135 Å². The van der Waals surface area contributed by atoms with Gasteiger partial charge in [0.15, 0.2) is 11.9 Å². The van der Waals surface area contributed by atoms with Crippen LogP contribution in [-0.4, -0.2) is 34.2 Å². The van der Waals surface area contributed by atoms with Crippen molar-refractivity contribution in [3.63, 3.8) is 0 Å². The van der Waals surface area contributed by atoms with Gasteiger partial charge in [0, 0.05) is 40.8 Å². The molecule has 2 atom stereocenters. The minimum absolute atomic E-state index is 0.0872. The van der Waals surface area contributed by atoms with Gasteiger partial charge >= 0.3 is 0 Å². The summed E-state index contributed by atoms with van der Waals surface area (Å²) in [6, 6.07) is 15.1. The smallest absolute Gasteiger partial charge is 0.260 e. The quantitative estimate of drug-likeness (QED) is 0.300. The number of amides is 1. The van der Waals surface area contributed by atoms with Crippen LogP contribution in [0.4, 0.5) is 11.5 Å². The first-order chi connectivity index (χ1) is 17.9. The largest absolute Gasteiger partial charge is 0.481 e. The number of fused-ring (bicyclic) bond motifs is 1. The van der Waals surface area contributed by atoms with Gasteiger partial charge in [-0.2, -0.15) is 0 Å². The van der Waals surface area contributed by atoms with Crippen LogP contribution in [0.25, 0.3) is 17.0 Å². The van der Waals surface area contributed by atoms with Crippen molar-refractivity contribution < 1.29 is 14.3 Å². The molecule has 0 spiro atoms. The van der Waals surface area contributed by atoms with Gasteiger partial charge in [-0.25, -0.2) is 9.97 Å². The average Bonchev–Trinajstić information content (AvgIpc) is 3.39. The van der Waals surface area contributed by atoms with Crippen molar-refractivity contribution in [3.05, 3.63) is 71.6 Å². The second kappa shape index (κ2) is 11.7. The fraction of sp³-hybridized carbons (Fsp3) is 0.286. The minimum atomic E-state index is -0.638. The Morgan fingerprint density at radius 3 is 2.68 bits per heavy atom.